The molecule has 1 aliphatic rings. The Labute approximate surface area is 216 Å². The smallest absolute Gasteiger partial charge is 0.193 e. The first-order valence-corrected chi connectivity index (χ1v) is 12.2. The maximum Gasteiger partial charge on any atom is 0.193 e. The van der Waals surface area contributed by atoms with E-state index in [-0.39, 0.29) is 30.1 Å². The summed E-state index contributed by atoms with van der Waals surface area (Å²) < 4.78 is 27.7. The molecule has 5 rings (SSSR count). The molecule has 186 valence electrons. The fraction of sp³-hybridized carbons (Fsp3) is 0.385. The van der Waals surface area contributed by atoms with Crippen molar-refractivity contribution < 1.29 is 13.9 Å². The third-order valence-corrected chi connectivity index (χ3v) is 7.11. The zero-order valence-corrected chi connectivity index (χ0v) is 21.8. The van der Waals surface area contributed by atoms with Gasteiger partial charge in [-0.25, -0.2) is 9.37 Å². The van der Waals surface area contributed by atoms with Gasteiger partial charge in [-0.05, 0) is 50.6 Å². The molecule has 2 aromatic heterocycles. The maximum absolute atomic E-state index is 15.5. The second kappa shape index (κ2) is 9.54. The summed E-state index contributed by atoms with van der Waals surface area (Å²) in [5, 5.41) is 6.24. The van der Waals surface area contributed by atoms with Gasteiger partial charge in [-0.2, -0.15) is 5.10 Å². The number of anilines is 1. The summed E-state index contributed by atoms with van der Waals surface area (Å²) in [6.45, 7) is 7.79. The number of hydrogen-bond acceptors (Lipinski definition) is 6. The Morgan fingerprint density at radius 2 is 1.86 bits per heavy atom. The molecule has 2 aromatic carbocycles. The topological polar surface area (TPSA) is 55.7 Å². The van der Waals surface area contributed by atoms with E-state index in [0.717, 1.165) is 35.2 Å². The highest BCUT2D eigenvalue weighted by molar-refractivity contribution is 6.35. The van der Waals surface area contributed by atoms with Gasteiger partial charge in [0.25, 0.3) is 0 Å². The molecule has 0 bridgehead atoms. The van der Waals surface area contributed by atoms with E-state index in [1.165, 1.54) is 7.11 Å². The lowest BCUT2D eigenvalue weighted by Gasteiger charge is -2.44. The minimum Gasteiger partial charge on any atom is -0.464 e. The van der Waals surface area contributed by atoms with Crippen molar-refractivity contribution in [2.24, 2.45) is 7.05 Å². The Balaban J connectivity index is 1.63. The Hall–Kier alpha value is -2.88. The number of halogens is 2. The summed E-state index contributed by atoms with van der Waals surface area (Å²) in [5.74, 6) is -0.532. The molecule has 3 heterocycles. The van der Waals surface area contributed by atoms with Crippen LogP contribution in [0.25, 0.3) is 33.1 Å². The molecule has 7 nitrogen and oxygen atoms in total. The van der Waals surface area contributed by atoms with Crippen LogP contribution in [-0.2, 0) is 11.8 Å². The van der Waals surface area contributed by atoms with Crippen molar-refractivity contribution in [1.82, 2.24) is 19.6 Å². The molecular weight excluding hydrogens is 480 g/mol. The third-order valence-electron chi connectivity index (χ3n) is 6.80. The van der Waals surface area contributed by atoms with Crippen LogP contribution >= 0.6 is 11.6 Å². The zero-order valence-electron chi connectivity index (χ0n) is 21.0. The summed E-state index contributed by atoms with van der Waals surface area (Å²) in [5.41, 5.74) is 4.03. The SMILES string of the molecule is [B]N1[C@H](C)CN(c2cc(C)c3nc(-c4cc5cn(C)nc5c(F)c4OCOC)cc(Cl)c3c2)C[C@@H]1C. The van der Waals surface area contributed by atoms with E-state index in [9.17, 15) is 0 Å². The third kappa shape index (κ3) is 4.29. The van der Waals surface area contributed by atoms with E-state index in [1.807, 2.05) is 17.8 Å². The van der Waals surface area contributed by atoms with Crippen LogP contribution in [0.5, 0.6) is 5.75 Å². The van der Waals surface area contributed by atoms with Crippen LogP contribution in [0.15, 0.2) is 30.5 Å². The highest BCUT2D eigenvalue weighted by atomic mass is 35.5. The van der Waals surface area contributed by atoms with E-state index in [4.69, 9.17) is 34.0 Å². The van der Waals surface area contributed by atoms with Crippen molar-refractivity contribution in [3.63, 3.8) is 0 Å². The molecule has 0 saturated carbocycles. The lowest BCUT2D eigenvalue weighted by Crippen LogP contribution is -2.55. The summed E-state index contributed by atoms with van der Waals surface area (Å²) in [6.07, 6.45) is 1.76. The number of fused-ring (bicyclic) bond motifs is 2. The minimum absolute atomic E-state index is 0.0304. The lowest BCUT2D eigenvalue weighted by molar-refractivity contribution is 0.0489. The number of methoxy groups -OCH3 is 1. The quantitative estimate of drug-likeness (QED) is 0.284. The first-order chi connectivity index (χ1) is 17.2. The molecule has 4 aromatic rings. The Kier molecular flexibility index (Phi) is 6.57. The molecule has 2 atom stereocenters. The van der Waals surface area contributed by atoms with Gasteiger partial charge in [-0.1, -0.05) is 11.6 Å². The highest BCUT2D eigenvalue weighted by Crippen LogP contribution is 2.40. The van der Waals surface area contributed by atoms with E-state index in [1.54, 1.807) is 24.0 Å². The number of rotatable bonds is 5. The first-order valence-electron chi connectivity index (χ1n) is 11.8. The van der Waals surface area contributed by atoms with E-state index in [0.29, 0.717) is 21.7 Å². The maximum atomic E-state index is 15.5. The average Bonchev–Trinajstić information content (AvgIpc) is 3.22. The molecule has 0 aliphatic carbocycles. The van der Waals surface area contributed by atoms with Crippen molar-refractivity contribution in [2.45, 2.75) is 32.9 Å². The van der Waals surface area contributed by atoms with E-state index < -0.39 is 5.82 Å². The summed E-state index contributed by atoms with van der Waals surface area (Å²) in [7, 11) is 9.42. The second-order valence-corrected chi connectivity index (χ2v) is 9.96. The van der Waals surface area contributed by atoms with Crippen molar-refractivity contribution in [2.75, 3.05) is 31.9 Å². The number of benzene rings is 2. The molecule has 1 saturated heterocycles. The standard InChI is InChI=1S/C26H28BClFN5O2/c1-14-6-18(33-10-15(2)34(27)16(3)11-33)8-19-21(28)9-22(30-24(14)19)20-7-17-12-32(4)31-25(17)23(29)26(20)36-13-35-5/h6-9,12,15-16H,10-11,13H2,1-5H3/t15-,16+. The molecular formula is C26H28BClFN5O2. The van der Waals surface area contributed by atoms with Gasteiger partial charge in [0, 0.05) is 67.6 Å². The second-order valence-electron chi connectivity index (χ2n) is 9.56. The predicted molar refractivity (Wildman–Crippen MR) is 142 cm³/mol. The van der Waals surface area contributed by atoms with Crippen molar-refractivity contribution in [3.05, 3.63) is 46.9 Å². The molecule has 0 amide bonds. The average molecular weight is 508 g/mol. The number of pyridine rings is 1. The lowest BCUT2D eigenvalue weighted by atomic mass is 10.0. The fourth-order valence-electron chi connectivity index (χ4n) is 4.99. The van der Waals surface area contributed by atoms with Gasteiger partial charge >= 0.3 is 0 Å². The number of nitrogens with zero attached hydrogens (tertiary/aromatic N) is 5. The number of piperazine rings is 1. The van der Waals surface area contributed by atoms with Crippen LogP contribution in [0, 0.1) is 12.7 Å². The molecule has 2 radical (unpaired) electrons. The van der Waals surface area contributed by atoms with Gasteiger partial charge in [-0.3, -0.25) is 4.68 Å². The Morgan fingerprint density at radius 3 is 2.56 bits per heavy atom. The van der Waals surface area contributed by atoms with Gasteiger partial charge in [0.2, 0.25) is 0 Å². The van der Waals surface area contributed by atoms with Crippen LogP contribution < -0.4 is 9.64 Å². The van der Waals surface area contributed by atoms with Gasteiger partial charge in [0.1, 0.15) is 5.52 Å². The number of ether oxygens (including phenoxy) is 2. The molecule has 0 unspecified atom stereocenters. The Morgan fingerprint density at radius 1 is 1.14 bits per heavy atom. The van der Waals surface area contributed by atoms with Gasteiger partial charge in [0.15, 0.2) is 26.3 Å². The van der Waals surface area contributed by atoms with Crippen LogP contribution in [0.3, 0.4) is 0 Å². The highest BCUT2D eigenvalue weighted by Gasteiger charge is 2.27. The number of aromatic nitrogens is 3. The predicted octanol–water partition coefficient (Wildman–Crippen LogP) is 4.85. The molecule has 36 heavy (non-hydrogen) atoms. The molecule has 10 heteroatoms. The summed E-state index contributed by atoms with van der Waals surface area (Å²) in [4.78, 5) is 9.15. The van der Waals surface area contributed by atoms with Crippen molar-refractivity contribution in [1.29, 1.82) is 0 Å². The van der Waals surface area contributed by atoms with Gasteiger partial charge in [0.05, 0.1) is 16.2 Å². The number of aryl methyl sites for hydroxylation is 2. The zero-order chi connectivity index (χ0) is 25.7. The first kappa shape index (κ1) is 24.8. The Bertz CT molecular complexity index is 1450. The monoisotopic (exact) mass is 507 g/mol. The minimum atomic E-state index is -0.562. The van der Waals surface area contributed by atoms with Crippen molar-refractivity contribution in [3.8, 4) is 17.0 Å². The summed E-state index contributed by atoms with van der Waals surface area (Å²) >= 11 is 6.83. The molecule has 1 aliphatic heterocycles. The van der Waals surface area contributed by atoms with Crippen LogP contribution in [0.1, 0.15) is 19.4 Å². The molecule has 0 spiro atoms. The van der Waals surface area contributed by atoms with Crippen molar-refractivity contribution >= 4 is 47.1 Å². The molecule has 1 fully saturated rings. The molecule has 0 N–H and O–H groups in total. The van der Waals surface area contributed by atoms with Crippen LogP contribution in [0.2, 0.25) is 5.02 Å². The largest absolute Gasteiger partial charge is 0.464 e. The van der Waals surface area contributed by atoms with Crippen LogP contribution in [0.4, 0.5) is 10.1 Å². The van der Waals surface area contributed by atoms with E-state index in [2.05, 4.69) is 36.0 Å². The fourth-order valence-corrected chi connectivity index (χ4v) is 5.23. The van der Waals surface area contributed by atoms with Crippen LogP contribution in [-0.4, -0.2) is 66.6 Å². The normalized spacial score (nSPS) is 18.9. The number of hydrogen-bond donors (Lipinski definition) is 0. The van der Waals surface area contributed by atoms with Gasteiger partial charge in [-0.15, -0.1) is 0 Å². The van der Waals surface area contributed by atoms with Gasteiger partial charge < -0.3 is 19.2 Å². The summed E-state index contributed by atoms with van der Waals surface area (Å²) in [6, 6.07) is 8.22. The van der Waals surface area contributed by atoms with E-state index >= 15 is 4.39 Å².